The van der Waals surface area contributed by atoms with Gasteiger partial charge in [-0.25, -0.2) is 0 Å². The summed E-state index contributed by atoms with van der Waals surface area (Å²) in [7, 11) is 0. The molecule has 0 heterocycles. The number of fused-ring (bicyclic) bond motifs is 1. The minimum atomic E-state index is -0.128. The van der Waals surface area contributed by atoms with Crippen molar-refractivity contribution in [2.24, 2.45) is 0 Å². The highest BCUT2D eigenvalue weighted by Gasteiger charge is 2.12. The highest BCUT2D eigenvalue weighted by atomic mass is 16.1. The van der Waals surface area contributed by atoms with Crippen LogP contribution in [0, 0.1) is 0 Å². The molecule has 126 valence electrons. The van der Waals surface area contributed by atoms with Crippen molar-refractivity contribution >= 4 is 28.4 Å². The number of nitrogens with one attached hydrogen (secondary N) is 1. The van der Waals surface area contributed by atoms with Gasteiger partial charge in [-0.1, -0.05) is 81.4 Å². The predicted molar refractivity (Wildman–Crippen MR) is 107 cm³/mol. The second-order valence-electron chi connectivity index (χ2n) is 7.22. The Morgan fingerprint density at radius 1 is 0.880 bits per heavy atom. The Morgan fingerprint density at radius 3 is 2.28 bits per heavy atom. The van der Waals surface area contributed by atoms with E-state index >= 15 is 0 Å². The molecule has 0 aromatic heterocycles. The maximum Gasteiger partial charge on any atom is 0.248 e. The molecule has 0 fully saturated rings. The fourth-order valence-corrected chi connectivity index (χ4v) is 2.77. The zero-order valence-electron chi connectivity index (χ0n) is 14.9. The van der Waals surface area contributed by atoms with Gasteiger partial charge in [-0.15, -0.1) is 0 Å². The molecule has 0 saturated carbocycles. The van der Waals surface area contributed by atoms with Gasteiger partial charge in [-0.3, -0.25) is 4.79 Å². The largest absolute Gasteiger partial charge is 0.322 e. The number of anilines is 1. The van der Waals surface area contributed by atoms with Gasteiger partial charge in [-0.2, -0.15) is 0 Å². The molecule has 2 heteroatoms. The Kier molecular flexibility index (Phi) is 4.71. The first-order valence-corrected chi connectivity index (χ1v) is 8.51. The van der Waals surface area contributed by atoms with E-state index in [-0.39, 0.29) is 11.3 Å². The molecule has 25 heavy (non-hydrogen) atoms. The average molecular weight is 329 g/mol. The van der Waals surface area contributed by atoms with E-state index in [0.29, 0.717) is 0 Å². The van der Waals surface area contributed by atoms with E-state index in [2.05, 4.69) is 38.2 Å². The molecule has 0 aliphatic heterocycles. The second kappa shape index (κ2) is 6.94. The molecule has 0 spiro atoms. The summed E-state index contributed by atoms with van der Waals surface area (Å²) in [5.41, 5.74) is 3.26. The normalized spacial score (nSPS) is 11.8. The molecule has 0 aliphatic rings. The Balaban J connectivity index is 1.73. The summed E-state index contributed by atoms with van der Waals surface area (Å²) in [6.45, 7) is 6.57. The van der Waals surface area contributed by atoms with Gasteiger partial charge in [0.15, 0.2) is 0 Å². The van der Waals surface area contributed by atoms with Crippen molar-refractivity contribution in [3.8, 4) is 0 Å². The molecule has 1 N–H and O–H groups in total. The molecule has 0 aliphatic carbocycles. The lowest BCUT2D eigenvalue weighted by molar-refractivity contribution is -0.111. The fourth-order valence-electron chi connectivity index (χ4n) is 2.77. The topological polar surface area (TPSA) is 29.1 Å². The molecule has 3 rings (SSSR count). The summed E-state index contributed by atoms with van der Waals surface area (Å²) in [5, 5.41) is 5.12. The smallest absolute Gasteiger partial charge is 0.248 e. The van der Waals surface area contributed by atoms with E-state index < -0.39 is 0 Å². The van der Waals surface area contributed by atoms with Crippen LogP contribution in [-0.2, 0) is 10.2 Å². The van der Waals surface area contributed by atoms with Crippen LogP contribution in [0.5, 0.6) is 0 Å². The molecule has 0 unspecified atom stereocenters. The van der Waals surface area contributed by atoms with E-state index in [0.717, 1.165) is 22.0 Å². The maximum atomic E-state index is 12.3. The van der Waals surface area contributed by atoms with Crippen LogP contribution in [0.4, 0.5) is 5.69 Å². The Labute approximate surface area is 149 Å². The van der Waals surface area contributed by atoms with Crippen LogP contribution in [0.1, 0.15) is 31.9 Å². The van der Waals surface area contributed by atoms with E-state index in [4.69, 9.17) is 0 Å². The van der Waals surface area contributed by atoms with Crippen LogP contribution in [0.15, 0.2) is 72.8 Å². The Morgan fingerprint density at radius 2 is 1.56 bits per heavy atom. The SMILES string of the molecule is CC(C)(C)c1ccc(/C=C/C(=O)Nc2cccc3ccccc23)cc1. The summed E-state index contributed by atoms with van der Waals surface area (Å²) in [5.74, 6) is -0.128. The highest BCUT2D eigenvalue weighted by molar-refractivity contribution is 6.07. The van der Waals surface area contributed by atoms with Crippen LogP contribution in [0.2, 0.25) is 0 Å². The lowest BCUT2D eigenvalue weighted by Crippen LogP contribution is -2.10. The standard InChI is InChI=1S/C23H23NO/c1-23(2,3)19-14-11-17(12-15-19)13-16-22(25)24-21-10-6-8-18-7-4-5-9-20(18)21/h4-16H,1-3H3,(H,24,25)/b16-13+. The van der Waals surface area contributed by atoms with Crippen molar-refractivity contribution in [1.29, 1.82) is 0 Å². The molecule has 2 nitrogen and oxygen atoms in total. The molecular formula is C23H23NO. The first kappa shape index (κ1) is 17.0. The molecule has 3 aromatic carbocycles. The number of hydrogen-bond acceptors (Lipinski definition) is 1. The molecule has 1 amide bonds. The van der Waals surface area contributed by atoms with Gasteiger partial charge in [-0.05, 0) is 34.1 Å². The lowest BCUT2D eigenvalue weighted by Gasteiger charge is -2.18. The van der Waals surface area contributed by atoms with Crippen LogP contribution >= 0.6 is 0 Å². The summed E-state index contributed by atoms with van der Waals surface area (Å²) in [6, 6.07) is 22.3. The van der Waals surface area contributed by atoms with Gasteiger partial charge < -0.3 is 5.32 Å². The molecule has 0 radical (unpaired) electrons. The number of amides is 1. The highest BCUT2D eigenvalue weighted by Crippen LogP contribution is 2.24. The van der Waals surface area contributed by atoms with Crippen molar-refractivity contribution < 1.29 is 4.79 Å². The monoisotopic (exact) mass is 329 g/mol. The zero-order chi connectivity index (χ0) is 17.9. The maximum absolute atomic E-state index is 12.3. The van der Waals surface area contributed by atoms with E-state index in [1.807, 2.05) is 60.7 Å². The minimum Gasteiger partial charge on any atom is -0.322 e. The Hall–Kier alpha value is -2.87. The number of carbonyl (C=O) groups excluding carboxylic acids is 1. The number of rotatable bonds is 3. The molecule has 0 bridgehead atoms. The van der Waals surface area contributed by atoms with Gasteiger partial charge in [0.05, 0.1) is 0 Å². The summed E-state index contributed by atoms with van der Waals surface area (Å²) >= 11 is 0. The Bertz CT molecular complexity index is 909. The first-order chi connectivity index (χ1) is 11.9. The molecule has 0 saturated heterocycles. The molecular weight excluding hydrogens is 306 g/mol. The molecule has 3 aromatic rings. The summed E-state index contributed by atoms with van der Waals surface area (Å²) in [6.07, 6.45) is 3.42. The van der Waals surface area contributed by atoms with Gasteiger partial charge >= 0.3 is 0 Å². The van der Waals surface area contributed by atoms with Crippen molar-refractivity contribution in [2.45, 2.75) is 26.2 Å². The quantitative estimate of drug-likeness (QED) is 0.605. The van der Waals surface area contributed by atoms with Gasteiger partial charge in [0.2, 0.25) is 5.91 Å². The molecule has 0 atom stereocenters. The third-order valence-corrected chi connectivity index (χ3v) is 4.25. The zero-order valence-corrected chi connectivity index (χ0v) is 14.9. The summed E-state index contributed by atoms with van der Waals surface area (Å²) < 4.78 is 0. The van der Waals surface area contributed by atoms with E-state index in [1.54, 1.807) is 6.08 Å². The predicted octanol–water partition coefficient (Wildman–Crippen LogP) is 5.79. The van der Waals surface area contributed by atoms with Crippen LogP contribution in [-0.4, -0.2) is 5.91 Å². The first-order valence-electron chi connectivity index (χ1n) is 8.51. The van der Waals surface area contributed by atoms with Gasteiger partial charge in [0.1, 0.15) is 0 Å². The van der Waals surface area contributed by atoms with Crippen LogP contribution < -0.4 is 5.32 Å². The third-order valence-electron chi connectivity index (χ3n) is 4.25. The van der Waals surface area contributed by atoms with Gasteiger partial charge in [0, 0.05) is 17.1 Å². The van der Waals surface area contributed by atoms with Crippen molar-refractivity contribution in [2.75, 3.05) is 5.32 Å². The average Bonchev–Trinajstić information content (AvgIpc) is 2.60. The summed E-state index contributed by atoms with van der Waals surface area (Å²) in [4.78, 5) is 12.3. The number of carbonyl (C=O) groups is 1. The van der Waals surface area contributed by atoms with Crippen molar-refractivity contribution in [3.05, 3.63) is 83.9 Å². The van der Waals surface area contributed by atoms with E-state index in [9.17, 15) is 4.79 Å². The van der Waals surface area contributed by atoms with Crippen molar-refractivity contribution in [3.63, 3.8) is 0 Å². The van der Waals surface area contributed by atoms with E-state index in [1.165, 1.54) is 5.56 Å². The van der Waals surface area contributed by atoms with Crippen molar-refractivity contribution in [1.82, 2.24) is 0 Å². The number of benzene rings is 3. The fraction of sp³-hybridized carbons (Fsp3) is 0.174. The van der Waals surface area contributed by atoms with Crippen LogP contribution in [0.3, 0.4) is 0 Å². The third kappa shape index (κ3) is 4.16. The number of hydrogen-bond donors (Lipinski definition) is 1. The minimum absolute atomic E-state index is 0.128. The van der Waals surface area contributed by atoms with Gasteiger partial charge in [0.25, 0.3) is 0 Å². The second-order valence-corrected chi connectivity index (χ2v) is 7.22. The lowest BCUT2D eigenvalue weighted by atomic mass is 9.87. The van der Waals surface area contributed by atoms with Crippen LogP contribution in [0.25, 0.3) is 16.8 Å².